The summed E-state index contributed by atoms with van der Waals surface area (Å²) in [5, 5.41) is 13.3. The van der Waals surface area contributed by atoms with Gasteiger partial charge in [-0.2, -0.15) is 13.2 Å². The molecule has 0 bridgehead atoms. The molecule has 2 aliphatic rings. The maximum Gasteiger partial charge on any atom is 0.416 e. The van der Waals surface area contributed by atoms with Crippen molar-refractivity contribution in [2.45, 2.75) is 50.7 Å². The minimum absolute atomic E-state index is 0.119. The lowest BCUT2D eigenvalue weighted by atomic mass is 9.85. The third-order valence-electron chi connectivity index (χ3n) is 7.89. The monoisotopic (exact) mass is 629 g/mol. The van der Waals surface area contributed by atoms with E-state index in [1.165, 1.54) is 4.90 Å². The third kappa shape index (κ3) is 6.88. The SMILES string of the molecule is CC(C)[C@@H](NC(O)c1cc(C(F)(F)F)ccc1F)C(=O)N1CCC2(CC1)C(=O)N(C)CN2c1ccc(NS(C)(=O)=O)cc1. The van der Waals surface area contributed by atoms with Gasteiger partial charge in [0.15, 0.2) is 0 Å². The van der Waals surface area contributed by atoms with E-state index in [9.17, 15) is 40.7 Å². The molecule has 4 rings (SSSR count). The van der Waals surface area contributed by atoms with E-state index in [1.54, 1.807) is 50.1 Å². The van der Waals surface area contributed by atoms with Crippen LogP contribution in [0.4, 0.5) is 28.9 Å². The smallest absolute Gasteiger partial charge is 0.374 e. The first-order valence-electron chi connectivity index (χ1n) is 13.6. The van der Waals surface area contributed by atoms with Crippen LogP contribution >= 0.6 is 0 Å². The fraction of sp³-hybridized carbons (Fsp3) is 0.500. The standard InChI is InChI=1S/C28H35F4N5O5S/c1-17(2)23(33-24(38)21-15-18(28(30,31)32)5-10-22(21)29)25(39)36-13-11-27(12-14-36)26(40)35(3)16-37(27)20-8-6-19(7-9-20)34-43(4,41)42/h5-10,15,17,23-24,33-34,38H,11-14,16H2,1-4H3/t23-,24?/m1/s1. The van der Waals surface area contributed by atoms with Crippen molar-refractivity contribution in [3.63, 3.8) is 0 Å². The minimum atomic E-state index is -4.74. The van der Waals surface area contributed by atoms with Gasteiger partial charge in [-0.25, -0.2) is 12.8 Å². The Morgan fingerprint density at radius 2 is 1.67 bits per heavy atom. The summed E-state index contributed by atoms with van der Waals surface area (Å²) in [6.07, 6.45) is -5.02. The molecule has 236 valence electrons. The number of alkyl halides is 3. The van der Waals surface area contributed by atoms with Crippen LogP contribution in [0.5, 0.6) is 0 Å². The zero-order valence-corrected chi connectivity index (χ0v) is 25.0. The Kier molecular flexibility index (Phi) is 9.01. The van der Waals surface area contributed by atoms with Crippen molar-refractivity contribution in [2.24, 2.45) is 5.92 Å². The number of aliphatic hydroxyl groups excluding tert-OH is 1. The Morgan fingerprint density at radius 1 is 1.07 bits per heavy atom. The lowest BCUT2D eigenvalue weighted by Crippen LogP contribution is -2.60. The maximum absolute atomic E-state index is 14.4. The number of aliphatic hydroxyl groups is 1. The summed E-state index contributed by atoms with van der Waals surface area (Å²) in [5.74, 6) is -2.02. The molecule has 0 saturated carbocycles. The van der Waals surface area contributed by atoms with Crippen LogP contribution in [0, 0.1) is 11.7 Å². The van der Waals surface area contributed by atoms with E-state index in [1.807, 2.05) is 4.90 Å². The predicted octanol–water partition coefficient (Wildman–Crippen LogP) is 3.12. The fourth-order valence-corrected chi connectivity index (χ4v) is 6.21. The average molecular weight is 630 g/mol. The average Bonchev–Trinajstić information content (AvgIpc) is 3.15. The number of carbonyl (C=O) groups is 2. The number of hydrogen-bond acceptors (Lipinski definition) is 7. The normalized spacial score (nSPS) is 18.8. The Bertz CT molecular complexity index is 1460. The zero-order valence-electron chi connectivity index (χ0n) is 24.2. The Balaban J connectivity index is 1.49. The van der Waals surface area contributed by atoms with Crippen molar-refractivity contribution in [1.29, 1.82) is 0 Å². The van der Waals surface area contributed by atoms with Crippen molar-refractivity contribution in [1.82, 2.24) is 15.1 Å². The molecule has 2 atom stereocenters. The largest absolute Gasteiger partial charge is 0.416 e. The van der Waals surface area contributed by atoms with Crippen LogP contribution in [0.2, 0.25) is 0 Å². The van der Waals surface area contributed by atoms with Gasteiger partial charge in [-0.05, 0) is 61.2 Å². The fourth-order valence-electron chi connectivity index (χ4n) is 5.65. The van der Waals surface area contributed by atoms with E-state index >= 15 is 0 Å². The number of carbonyl (C=O) groups excluding carboxylic acids is 2. The number of amides is 2. The van der Waals surface area contributed by atoms with Gasteiger partial charge in [0.2, 0.25) is 21.8 Å². The third-order valence-corrected chi connectivity index (χ3v) is 8.49. The minimum Gasteiger partial charge on any atom is -0.374 e. The Hall–Kier alpha value is -3.43. The lowest BCUT2D eigenvalue weighted by molar-refractivity contribution is -0.140. The predicted molar refractivity (Wildman–Crippen MR) is 152 cm³/mol. The molecule has 10 nitrogen and oxygen atoms in total. The number of rotatable bonds is 8. The first kappa shape index (κ1) is 32.5. The lowest BCUT2D eigenvalue weighted by Gasteiger charge is -2.44. The molecule has 2 amide bonds. The molecular formula is C28H35F4N5O5S. The number of benzene rings is 2. The van der Waals surface area contributed by atoms with Crippen LogP contribution in [-0.2, 0) is 25.8 Å². The van der Waals surface area contributed by atoms with Crippen LogP contribution in [0.1, 0.15) is 44.0 Å². The molecule has 0 aliphatic carbocycles. The Morgan fingerprint density at radius 3 is 2.21 bits per heavy atom. The summed E-state index contributed by atoms with van der Waals surface area (Å²) in [6, 6.07) is 7.29. The number of nitrogens with one attached hydrogen (secondary N) is 2. The number of anilines is 2. The van der Waals surface area contributed by atoms with Crippen LogP contribution in [-0.4, -0.2) is 79.8 Å². The molecule has 43 heavy (non-hydrogen) atoms. The van der Waals surface area contributed by atoms with E-state index in [-0.39, 0.29) is 38.5 Å². The first-order valence-corrected chi connectivity index (χ1v) is 15.5. The molecule has 2 aromatic carbocycles. The van der Waals surface area contributed by atoms with Gasteiger partial charge in [-0.1, -0.05) is 13.8 Å². The van der Waals surface area contributed by atoms with Crippen LogP contribution in [0.25, 0.3) is 0 Å². The highest BCUT2D eigenvalue weighted by Crippen LogP contribution is 2.40. The van der Waals surface area contributed by atoms with Crippen molar-refractivity contribution >= 4 is 33.2 Å². The number of piperidine rings is 1. The number of likely N-dealkylation sites (tertiary alicyclic amines) is 1. The van der Waals surface area contributed by atoms with Gasteiger partial charge in [0.1, 0.15) is 17.6 Å². The summed E-state index contributed by atoms with van der Waals surface area (Å²) in [4.78, 5) is 32.0. The van der Waals surface area contributed by atoms with Gasteiger partial charge in [-0.3, -0.25) is 19.6 Å². The second-order valence-corrected chi connectivity index (χ2v) is 13.1. The number of sulfonamides is 1. The molecule has 1 unspecified atom stereocenters. The maximum atomic E-state index is 14.4. The quantitative estimate of drug-likeness (QED) is 0.303. The van der Waals surface area contributed by atoms with E-state index in [2.05, 4.69) is 10.0 Å². The molecule has 2 fully saturated rings. The van der Waals surface area contributed by atoms with E-state index in [0.717, 1.165) is 6.26 Å². The van der Waals surface area contributed by atoms with Gasteiger partial charge in [0, 0.05) is 37.1 Å². The molecule has 0 aromatic heterocycles. The second kappa shape index (κ2) is 11.9. The van der Waals surface area contributed by atoms with E-state index in [0.29, 0.717) is 29.6 Å². The van der Waals surface area contributed by atoms with Crippen LogP contribution < -0.4 is 14.9 Å². The molecule has 0 radical (unpaired) electrons. The van der Waals surface area contributed by atoms with Crippen LogP contribution in [0.15, 0.2) is 42.5 Å². The number of nitrogens with zero attached hydrogens (tertiary/aromatic N) is 3. The molecule has 1 spiro atoms. The number of likely N-dealkylation sites (N-methyl/N-ethyl adjacent to an activating group) is 1. The molecule has 2 heterocycles. The van der Waals surface area contributed by atoms with Crippen molar-refractivity contribution < 1.29 is 40.7 Å². The van der Waals surface area contributed by atoms with Gasteiger partial charge in [0.25, 0.3) is 0 Å². The van der Waals surface area contributed by atoms with Gasteiger partial charge < -0.3 is 19.8 Å². The van der Waals surface area contributed by atoms with Gasteiger partial charge >= 0.3 is 6.18 Å². The number of halogens is 4. The summed E-state index contributed by atoms with van der Waals surface area (Å²) < 4.78 is 79.4. The summed E-state index contributed by atoms with van der Waals surface area (Å²) in [7, 11) is -1.79. The molecule has 2 aromatic rings. The highest BCUT2D eigenvalue weighted by Gasteiger charge is 2.53. The van der Waals surface area contributed by atoms with Crippen LogP contribution in [0.3, 0.4) is 0 Å². The molecule has 2 aliphatic heterocycles. The number of hydrogen-bond donors (Lipinski definition) is 3. The van der Waals surface area contributed by atoms with Gasteiger partial charge in [0.05, 0.1) is 24.5 Å². The van der Waals surface area contributed by atoms with Crippen molar-refractivity contribution in [3.05, 3.63) is 59.4 Å². The topological polar surface area (TPSA) is 122 Å². The van der Waals surface area contributed by atoms with Crippen molar-refractivity contribution in [3.8, 4) is 0 Å². The second-order valence-electron chi connectivity index (χ2n) is 11.4. The van der Waals surface area contributed by atoms with E-state index < -0.39 is 62.8 Å². The molecule has 15 heteroatoms. The summed E-state index contributed by atoms with van der Waals surface area (Å²) in [6.45, 7) is 4.03. The summed E-state index contributed by atoms with van der Waals surface area (Å²) >= 11 is 0. The van der Waals surface area contributed by atoms with Gasteiger partial charge in [-0.15, -0.1) is 0 Å². The molecule has 2 saturated heterocycles. The highest BCUT2D eigenvalue weighted by molar-refractivity contribution is 7.92. The zero-order chi connectivity index (χ0) is 31.9. The molecule has 3 N–H and O–H groups in total. The molecular weight excluding hydrogens is 594 g/mol. The summed E-state index contributed by atoms with van der Waals surface area (Å²) in [5.41, 5.74) is -1.63. The Labute approximate surface area is 247 Å². The highest BCUT2D eigenvalue weighted by atomic mass is 32.2. The first-order chi connectivity index (χ1) is 19.9. The van der Waals surface area contributed by atoms with Crippen molar-refractivity contribution in [2.75, 3.05) is 42.7 Å². The van der Waals surface area contributed by atoms with E-state index in [4.69, 9.17) is 0 Å².